The van der Waals surface area contributed by atoms with Gasteiger partial charge in [0.05, 0.1) is 11.2 Å². The van der Waals surface area contributed by atoms with Crippen LogP contribution in [0, 0.1) is 12.3 Å². The van der Waals surface area contributed by atoms with Crippen molar-refractivity contribution in [2.75, 3.05) is 6.54 Å². The maximum absolute atomic E-state index is 4.33. The number of nitrogens with zero attached hydrogens (tertiary/aromatic N) is 1. The normalized spacial score (nSPS) is 15.7. The molecule has 0 aromatic carbocycles. The summed E-state index contributed by atoms with van der Waals surface area (Å²) in [6.07, 6.45) is 3.61. The summed E-state index contributed by atoms with van der Waals surface area (Å²) in [6.45, 7) is 14.6. The maximum atomic E-state index is 4.33. The molecule has 3 heteroatoms. The van der Waals surface area contributed by atoms with Gasteiger partial charge in [0.15, 0.2) is 0 Å². The van der Waals surface area contributed by atoms with E-state index in [1.165, 1.54) is 23.4 Å². The van der Waals surface area contributed by atoms with Crippen LogP contribution >= 0.6 is 11.3 Å². The first-order chi connectivity index (χ1) is 8.26. The number of hydrogen-bond donors (Lipinski definition) is 1. The summed E-state index contributed by atoms with van der Waals surface area (Å²) in [5.74, 6) is 0. The van der Waals surface area contributed by atoms with Gasteiger partial charge in [0.1, 0.15) is 0 Å². The van der Waals surface area contributed by atoms with Crippen LogP contribution < -0.4 is 5.32 Å². The fourth-order valence-corrected chi connectivity index (χ4v) is 2.63. The summed E-state index contributed by atoms with van der Waals surface area (Å²) in [5.41, 5.74) is 3.75. The lowest BCUT2D eigenvalue weighted by molar-refractivity contribution is 0.240. The minimum Gasteiger partial charge on any atom is -0.312 e. The summed E-state index contributed by atoms with van der Waals surface area (Å²) in [5, 5.41) is 3.65. The van der Waals surface area contributed by atoms with E-state index >= 15 is 0 Å². The molecule has 0 saturated heterocycles. The molecule has 0 radical (unpaired) electrons. The first-order valence-corrected chi connectivity index (χ1v) is 7.78. The lowest BCUT2D eigenvalue weighted by atomic mass is 9.81. The third-order valence-electron chi connectivity index (χ3n) is 3.70. The van der Waals surface area contributed by atoms with Gasteiger partial charge in [-0.15, -0.1) is 11.3 Å². The largest absolute Gasteiger partial charge is 0.312 e. The van der Waals surface area contributed by atoms with Crippen molar-refractivity contribution < 1.29 is 0 Å². The highest BCUT2D eigenvalue weighted by molar-refractivity contribution is 7.09. The molecule has 1 aromatic heterocycles. The highest BCUT2D eigenvalue weighted by Crippen LogP contribution is 2.29. The van der Waals surface area contributed by atoms with E-state index in [-0.39, 0.29) is 5.54 Å². The number of aryl methyl sites for hydroxylation is 2. The Morgan fingerprint density at radius 1 is 1.28 bits per heavy atom. The second kappa shape index (κ2) is 6.16. The van der Waals surface area contributed by atoms with Gasteiger partial charge >= 0.3 is 0 Å². The van der Waals surface area contributed by atoms with Crippen LogP contribution in [0.4, 0.5) is 0 Å². The number of nitrogens with one attached hydrogen (secondary N) is 1. The van der Waals surface area contributed by atoms with Gasteiger partial charge in [-0.05, 0) is 52.4 Å². The molecule has 2 nitrogen and oxygen atoms in total. The predicted octanol–water partition coefficient (Wildman–Crippen LogP) is 4.19. The standard InChI is InChI=1S/C15H28N2S/c1-7-15(6,10-17-14(3,4)5)9-8-13-12(2)16-11-18-13/h11,17H,7-10H2,1-6H3. The fourth-order valence-electron chi connectivity index (χ4n) is 1.85. The predicted molar refractivity (Wildman–Crippen MR) is 81.3 cm³/mol. The lowest BCUT2D eigenvalue weighted by Crippen LogP contribution is -2.42. The van der Waals surface area contributed by atoms with Crippen molar-refractivity contribution in [3.63, 3.8) is 0 Å². The van der Waals surface area contributed by atoms with Gasteiger partial charge in [-0.3, -0.25) is 0 Å². The summed E-state index contributed by atoms with van der Waals surface area (Å²) < 4.78 is 0. The first kappa shape index (κ1) is 15.6. The summed E-state index contributed by atoms with van der Waals surface area (Å²) in [7, 11) is 0. The molecule has 1 heterocycles. The van der Waals surface area contributed by atoms with E-state index in [2.05, 4.69) is 51.8 Å². The van der Waals surface area contributed by atoms with Gasteiger partial charge in [-0.2, -0.15) is 0 Å². The molecule has 0 aliphatic rings. The molecule has 1 atom stereocenters. The maximum Gasteiger partial charge on any atom is 0.0797 e. The molecule has 1 N–H and O–H groups in total. The quantitative estimate of drug-likeness (QED) is 0.837. The second-order valence-corrected chi connectivity index (χ2v) is 7.57. The lowest BCUT2D eigenvalue weighted by Gasteiger charge is -2.33. The zero-order valence-electron chi connectivity index (χ0n) is 12.8. The Morgan fingerprint density at radius 3 is 2.39 bits per heavy atom. The van der Waals surface area contributed by atoms with Crippen LogP contribution in [0.2, 0.25) is 0 Å². The van der Waals surface area contributed by atoms with Crippen LogP contribution in [0.3, 0.4) is 0 Å². The molecule has 18 heavy (non-hydrogen) atoms. The van der Waals surface area contributed by atoms with E-state index in [0.717, 1.165) is 13.0 Å². The first-order valence-electron chi connectivity index (χ1n) is 6.90. The Kier molecular flexibility index (Phi) is 5.35. The summed E-state index contributed by atoms with van der Waals surface area (Å²) >= 11 is 1.79. The van der Waals surface area contributed by atoms with Crippen LogP contribution in [-0.2, 0) is 6.42 Å². The topological polar surface area (TPSA) is 24.9 Å². The van der Waals surface area contributed by atoms with E-state index in [0.29, 0.717) is 5.41 Å². The Morgan fingerprint density at radius 2 is 1.94 bits per heavy atom. The fraction of sp³-hybridized carbons (Fsp3) is 0.800. The Hall–Kier alpha value is -0.410. The Labute approximate surface area is 116 Å². The van der Waals surface area contributed by atoms with Crippen LogP contribution in [0.5, 0.6) is 0 Å². The third-order valence-corrected chi connectivity index (χ3v) is 4.69. The third kappa shape index (κ3) is 5.07. The molecule has 0 aliphatic carbocycles. The van der Waals surface area contributed by atoms with Crippen LogP contribution in [0.25, 0.3) is 0 Å². The van der Waals surface area contributed by atoms with Crippen molar-refractivity contribution in [2.45, 2.75) is 66.3 Å². The van der Waals surface area contributed by atoms with E-state index in [1.807, 2.05) is 5.51 Å². The molecule has 1 unspecified atom stereocenters. The molecule has 0 aliphatic heterocycles. The number of aromatic nitrogens is 1. The average molecular weight is 268 g/mol. The second-order valence-electron chi connectivity index (χ2n) is 6.63. The number of hydrogen-bond acceptors (Lipinski definition) is 3. The van der Waals surface area contributed by atoms with Crippen molar-refractivity contribution in [2.24, 2.45) is 5.41 Å². The molecule has 1 aromatic rings. The van der Waals surface area contributed by atoms with Crippen molar-refractivity contribution in [3.8, 4) is 0 Å². The number of rotatable bonds is 6. The number of thiazole rings is 1. The van der Waals surface area contributed by atoms with Crippen LogP contribution in [0.15, 0.2) is 5.51 Å². The zero-order valence-corrected chi connectivity index (χ0v) is 13.6. The molecular weight excluding hydrogens is 240 g/mol. The average Bonchev–Trinajstić information content (AvgIpc) is 2.69. The van der Waals surface area contributed by atoms with Crippen molar-refractivity contribution in [1.29, 1.82) is 0 Å². The van der Waals surface area contributed by atoms with Gasteiger partial charge in [0, 0.05) is 17.0 Å². The SMILES string of the molecule is CCC(C)(CCc1scnc1C)CNC(C)(C)C. The zero-order chi connectivity index (χ0) is 13.8. The van der Waals surface area contributed by atoms with Crippen molar-refractivity contribution >= 4 is 11.3 Å². The summed E-state index contributed by atoms with van der Waals surface area (Å²) in [4.78, 5) is 5.78. The molecule has 0 spiro atoms. The van der Waals surface area contributed by atoms with E-state index in [4.69, 9.17) is 0 Å². The van der Waals surface area contributed by atoms with E-state index in [9.17, 15) is 0 Å². The minimum absolute atomic E-state index is 0.205. The molecule has 104 valence electrons. The highest BCUT2D eigenvalue weighted by atomic mass is 32.1. The van der Waals surface area contributed by atoms with Crippen LogP contribution in [-0.4, -0.2) is 17.1 Å². The minimum atomic E-state index is 0.205. The highest BCUT2D eigenvalue weighted by Gasteiger charge is 2.24. The molecular formula is C15H28N2S. The van der Waals surface area contributed by atoms with Gasteiger partial charge in [-0.1, -0.05) is 13.8 Å². The molecule has 0 amide bonds. The van der Waals surface area contributed by atoms with Gasteiger partial charge in [-0.25, -0.2) is 4.98 Å². The van der Waals surface area contributed by atoms with E-state index in [1.54, 1.807) is 11.3 Å². The van der Waals surface area contributed by atoms with Gasteiger partial charge < -0.3 is 5.32 Å². The Bertz CT molecular complexity index is 365. The van der Waals surface area contributed by atoms with Crippen LogP contribution in [0.1, 0.15) is 58.0 Å². The monoisotopic (exact) mass is 268 g/mol. The van der Waals surface area contributed by atoms with Gasteiger partial charge in [0.25, 0.3) is 0 Å². The molecule has 1 rings (SSSR count). The smallest absolute Gasteiger partial charge is 0.0797 e. The molecule has 0 saturated carbocycles. The van der Waals surface area contributed by atoms with Crippen molar-refractivity contribution in [1.82, 2.24) is 10.3 Å². The molecule has 0 bridgehead atoms. The molecule has 0 fully saturated rings. The van der Waals surface area contributed by atoms with Crippen molar-refractivity contribution in [3.05, 3.63) is 16.1 Å². The van der Waals surface area contributed by atoms with Gasteiger partial charge in [0.2, 0.25) is 0 Å². The Balaban J connectivity index is 2.52. The van der Waals surface area contributed by atoms with E-state index < -0.39 is 0 Å². The summed E-state index contributed by atoms with van der Waals surface area (Å²) in [6, 6.07) is 0.